The maximum atomic E-state index is 12.5. The molecular formula is C17H27NO7S2. The van der Waals surface area contributed by atoms with E-state index >= 15 is 0 Å². The second-order valence-corrected chi connectivity index (χ2v) is 8.82. The minimum absolute atomic E-state index is 0.0151. The van der Waals surface area contributed by atoms with E-state index in [0.29, 0.717) is 13.1 Å². The van der Waals surface area contributed by atoms with Crippen LogP contribution in [0.3, 0.4) is 0 Å². The lowest BCUT2D eigenvalue weighted by atomic mass is 9.97. The number of Topliss-reactive ketones (excluding diaryl/α,β-unsaturated/α-hetero) is 1. The molecule has 0 spiro atoms. The molecule has 1 aliphatic heterocycles. The highest BCUT2D eigenvalue weighted by Gasteiger charge is 2.32. The van der Waals surface area contributed by atoms with Gasteiger partial charge in [0.05, 0.1) is 10.7 Å². The number of rotatable bonds is 9. The molecule has 27 heavy (non-hydrogen) atoms. The lowest BCUT2D eigenvalue weighted by Gasteiger charge is -2.27. The van der Waals surface area contributed by atoms with Crippen molar-refractivity contribution in [3.05, 3.63) is 0 Å². The number of hydrogen-bond acceptors (Lipinski definition) is 10. The highest BCUT2D eigenvalue weighted by Crippen LogP contribution is 2.23. The number of ether oxygens (including phenoxy) is 2. The van der Waals surface area contributed by atoms with E-state index < -0.39 is 34.7 Å². The van der Waals surface area contributed by atoms with Gasteiger partial charge in [0.25, 0.3) is 0 Å². The fourth-order valence-electron chi connectivity index (χ4n) is 2.21. The molecule has 0 aromatic carbocycles. The van der Waals surface area contributed by atoms with Gasteiger partial charge < -0.3 is 14.3 Å². The maximum absolute atomic E-state index is 12.5. The number of piperidine rings is 1. The maximum Gasteiger partial charge on any atom is 0.370 e. The van der Waals surface area contributed by atoms with Gasteiger partial charge in [-0.2, -0.15) is 12.6 Å². The molecule has 0 unspecified atom stereocenters. The second kappa shape index (κ2) is 11.6. The summed E-state index contributed by atoms with van der Waals surface area (Å²) >= 11 is 4.97. The van der Waals surface area contributed by atoms with E-state index in [4.69, 9.17) is 9.57 Å². The van der Waals surface area contributed by atoms with Gasteiger partial charge in [0.2, 0.25) is 6.79 Å². The van der Waals surface area contributed by atoms with Crippen LogP contribution in [-0.2, 0) is 28.7 Å². The molecule has 0 aromatic rings. The zero-order chi connectivity index (χ0) is 20.4. The zero-order valence-electron chi connectivity index (χ0n) is 15.9. The Balaban J connectivity index is 2.60. The number of hydroxylamine groups is 2. The average Bonchev–Trinajstić information content (AvgIpc) is 2.57. The van der Waals surface area contributed by atoms with E-state index in [1.54, 1.807) is 18.9 Å². The van der Waals surface area contributed by atoms with Crippen molar-refractivity contribution in [1.29, 1.82) is 0 Å². The SMILES string of the molecule is CC(=O)OCOC(=O)SC[C@H](CC(=O)C(C)(C)S)C(=O)ON1CCCCC1. The molecule has 1 atom stereocenters. The summed E-state index contributed by atoms with van der Waals surface area (Å²) in [5, 5.41) is 0.892. The smallest absolute Gasteiger partial charge is 0.370 e. The van der Waals surface area contributed by atoms with Crippen LogP contribution in [0.15, 0.2) is 0 Å². The Morgan fingerprint density at radius 2 is 1.74 bits per heavy atom. The second-order valence-electron chi connectivity index (χ2n) is 6.74. The van der Waals surface area contributed by atoms with Crippen LogP contribution in [0.4, 0.5) is 4.79 Å². The lowest BCUT2D eigenvalue weighted by Crippen LogP contribution is -2.37. The fraction of sp³-hybridized carbons (Fsp3) is 0.765. The highest BCUT2D eigenvalue weighted by atomic mass is 32.2. The first kappa shape index (κ1) is 23.8. The molecule has 1 saturated heterocycles. The van der Waals surface area contributed by atoms with Gasteiger partial charge in [0.1, 0.15) is 5.78 Å². The van der Waals surface area contributed by atoms with E-state index in [1.807, 2.05) is 0 Å². The summed E-state index contributed by atoms with van der Waals surface area (Å²) in [6.45, 7) is 5.30. The quantitative estimate of drug-likeness (QED) is 0.342. The third kappa shape index (κ3) is 10.0. The third-order valence-corrected chi connectivity index (χ3v) is 4.99. The summed E-state index contributed by atoms with van der Waals surface area (Å²) in [4.78, 5) is 52.6. The summed E-state index contributed by atoms with van der Waals surface area (Å²) in [6.07, 6.45) is 2.89. The number of carbonyl (C=O) groups is 4. The molecule has 0 aliphatic carbocycles. The van der Waals surface area contributed by atoms with E-state index in [0.717, 1.165) is 31.0 Å². The minimum atomic E-state index is -0.899. The Bertz CT molecular complexity index is 542. The van der Waals surface area contributed by atoms with E-state index in [9.17, 15) is 19.2 Å². The Hall–Kier alpha value is -1.26. The van der Waals surface area contributed by atoms with Gasteiger partial charge in [0, 0.05) is 32.2 Å². The fourth-order valence-corrected chi connectivity index (χ4v) is 3.03. The summed E-state index contributed by atoms with van der Waals surface area (Å²) < 4.78 is 8.34. The van der Waals surface area contributed by atoms with E-state index in [1.165, 1.54) is 6.92 Å². The molecule has 0 aromatic heterocycles. The van der Waals surface area contributed by atoms with E-state index in [2.05, 4.69) is 17.4 Å². The molecule has 0 amide bonds. The monoisotopic (exact) mass is 421 g/mol. The predicted molar refractivity (Wildman–Crippen MR) is 103 cm³/mol. The summed E-state index contributed by atoms with van der Waals surface area (Å²) in [5.74, 6) is -2.14. The first-order valence-electron chi connectivity index (χ1n) is 8.75. The molecule has 1 aliphatic rings. The normalized spacial score (nSPS) is 16.3. The molecule has 0 saturated carbocycles. The molecule has 154 valence electrons. The van der Waals surface area contributed by atoms with Crippen LogP contribution in [0.5, 0.6) is 0 Å². The van der Waals surface area contributed by atoms with Crippen LogP contribution in [0, 0.1) is 5.92 Å². The van der Waals surface area contributed by atoms with Crippen molar-refractivity contribution < 1.29 is 33.5 Å². The van der Waals surface area contributed by atoms with Gasteiger partial charge in [0.15, 0.2) is 0 Å². The molecule has 8 nitrogen and oxygen atoms in total. The van der Waals surface area contributed by atoms with Gasteiger partial charge in [-0.25, -0.2) is 4.79 Å². The molecule has 0 bridgehead atoms. The van der Waals surface area contributed by atoms with Gasteiger partial charge in [-0.3, -0.25) is 14.4 Å². The number of nitrogens with zero attached hydrogens (tertiary/aromatic N) is 1. The van der Waals surface area contributed by atoms with Gasteiger partial charge in [-0.1, -0.05) is 6.42 Å². The average molecular weight is 422 g/mol. The first-order chi connectivity index (χ1) is 12.6. The lowest BCUT2D eigenvalue weighted by molar-refractivity contribution is -0.199. The van der Waals surface area contributed by atoms with Gasteiger partial charge in [-0.15, -0.1) is 5.06 Å². The number of ketones is 1. The van der Waals surface area contributed by atoms with Crippen LogP contribution in [-0.4, -0.2) is 58.5 Å². The van der Waals surface area contributed by atoms with Crippen molar-refractivity contribution in [2.45, 2.75) is 51.2 Å². The summed E-state index contributed by atoms with van der Waals surface area (Å²) in [7, 11) is 0. The minimum Gasteiger partial charge on any atom is -0.428 e. The van der Waals surface area contributed by atoms with Gasteiger partial charge in [-0.05, 0) is 38.5 Å². The number of thiol groups is 1. The van der Waals surface area contributed by atoms with Crippen molar-refractivity contribution in [2.75, 3.05) is 25.6 Å². The van der Waals surface area contributed by atoms with Crippen LogP contribution in [0.25, 0.3) is 0 Å². The molecular weight excluding hydrogens is 394 g/mol. The third-order valence-electron chi connectivity index (χ3n) is 3.82. The van der Waals surface area contributed by atoms with Crippen LogP contribution in [0.1, 0.15) is 46.5 Å². The number of carbonyl (C=O) groups excluding carboxylic acids is 4. The standard InChI is InChI=1S/C17H27NO7S2/c1-12(19)23-11-24-16(22)27-10-13(9-14(20)17(2,3)26)15(21)25-18-7-5-4-6-8-18/h13,26H,4-11H2,1-3H3/t13-/m0/s1. The summed E-state index contributed by atoms with van der Waals surface area (Å²) in [5.41, 5.74) is 0. The Labute approximate surface area is 169 Å². The topological polar surface area (TPSA) is 99.2 Å². The van der Waals surface area contributed by atoms with Crippen molar-refractivity contribution in [3.63, 3.8) is 0 Å². The van der Waals surface area contributed by atoms with E-state index in [-0.39, 0.29) is 18.0 Å². The van der Waals surface area contributed by atoms with Crippen molar-refractivity contribution >= 4 is 47.4 Å². The first-order valence-corrected chi connectivity index (χ1v) is 10.2. The van der Waals surface area contributed by atoms with Crippen molar-refractivity contribution in [1.82, 2.24) is 5.06 Å². The predicted octanol–water partition coefficient (Wildman–Crippen LogP) is 2.60. The number of esters is 1. The van der Waals surface area contributed by atoms with Crippen LogP contribution < -0.4 is 0 Å². The van der Waals surface area contributed by atoms with Crippen molar-refractivity contribution in [3.8, 4) is 0 Å². The Morgan fingerprint density at radius 3 is 2.30 bits per heavy atom. The number of thioether (sulfide) groups is 1. The highest BCUT2D eigenvalue weighted by molar-refractivity contribution is 8.13. The molecule has 0 N–H and O–H groups in total. The molecule has 10 heteroatoms. The van der Waals surface area contributed by atoms with Crippen LogP contribution >= 0.6 is 24.4 Å². The summed E-state index contributed by atoms with van der Waals surface area (Å²) in [6, 6.07) is 0. The largest absolute Gasteiger partial charge is 0.428 e. The Kier molecular flexibility index (Phi) is 10.2. The molecule has 1 fully saturated rings. The molecule has 1 rings (SSSR count). The number of hydrogen-bond donors (Lipinski definition) is 1. The molecule has 0 radical (unpaired) electrons. The van der Waals surface area contributed by atoms with Crippen molar-refractivity contribution in [2.24, 2.45) is 5.92 Å². The van der Waals surface area contributed by atoms with Crippen LogP contribution in [0.2, 0.25) is 0 Å². The molecule has 1 heterocycles. The zero-order valence-corrected chi connectivity index (χ0v) is 17.6. The van der Waals surface area contributed by atoms with Gasteiger partial charge >= 0.3 is 17.2 Å². The Morgan fingerprint density at radius 1 is 1.11 bits per heavy atom.